The number of phenols is 1. The summed E-state index contributed by atoms with van der Waals surface area (Å²) in [5.74, 6) is 0.296. The van der Waals surface area contributed by atoms with Gasteiger partial charge in [0.15, 0.2) is 0 Å². The normalized spacial score (nSPS) is 14.1. The van der Waals surface area contributed by atoms with Crippen molar-refractivity contribution >= 4 is 0 Å². The first kappa shape index (κ1) is 15.0. The molecule has 2 aromatic carbocycles. The van der Waals surface area contributed by atoms with E-state index in [0.29, 0.717) is 12.3 Å². The van der Waals surface area contributed by atoms with Gasteiger partial charge in [-0.3, -0.25) is 9.58 Å². The molecule has 1 aliphatic rings. The van der Waals surface area contributed by atoms with Crippen LogP contribution in [0.25, 0.3) is 11.3 Å². The molecule has 3 aromatic rings. The molecule has 0 unspecified atom stereocenters. The topological polar surface area (TPSA) is 41.3 Å². The number of hydrogen-bond acceptors (Lipinski definition) is 3. The van der Waals surface area contributed by atoms with Crippen LogP contribution in [-0.2, 0) is 19.6 Å². The zero-order chi connectivity index (χ0) is 16.7. The maximum Gasteiger partial charge on any atom is 0.115 e. The minimum absolute atomic E-state index is 0.296. The summed E-state index contributed by atoms with van der Waals surface area (Å²) in [6.07, 6.45) is 0. The lowest BCUT2D eigenvalue weighted by atomic mass is 10.0. The molecule has 0 saturated carbocycles. The van der Waals surface area contributed by atoms with Crippen LogP contribution in [0.5, 0.6) is 5.75 Å². The van der Waals surface area contributed by atoms with Crippen LogP contribution in [0.15, 0.2) is 48.5 Å². The fourth-order valence-electron chi connectivity index (χ4n) is 3.51. The number of rotatable bonds is 3. The van der Waals surface area contributed by atoms with Crippen LogP contribution in [-0.4, -0.2) is 26.8 Å². The second-order valence-corrected chi connectivity index (χ2v) is 6.59. The largest absolute Gasteiger partial charge is 0.508 e. The highest BCUT2D eigenvalue weighted by atomic mass is 16.3. The molecular formula is C20H21N3O. The smallest absolute Gasteiger partial charge is 0.115 e. The molecule has 0 spiro atoms. The third-order valence-corrected chi connectivity index (χ3v) is 4.62. The summed E-state index contributed by atoms with van der Waals surface area (Å²) >= 11 is 0. The fraction of sp³-hybridized carbons (Fsp3) is 0.250. The van der Waals surface area contributed by atoms with Crippen molar-refractivity contribution in [3.63, 3.8) is 0 Å². The van der Waals surface area contributed by atoms with Gasteiger partial charge >= 0.3 is 0 Å². The van der Waals surface area contributed by atoms with E-state index in [1.165, 1.54) is 22.4 Å². The lowest BCUT2D eigenvalue weighted by Crippen LogP contribution is -2.13. The number of aromatic nitrogens is 2. The number of aryl methyl sites for hydroxylation is 1. The average Bonchev–Trinajstić information content (AvgIpc) is 3.04. The number of benzene rings is 2. The lowest BCUT2D eigenvalue weighted by Gasteiger charge is -2.14. The number of hydrogen-bond donors (Lipinski definition) is 1. The highest BCUT2D eigenvalue weighted by Crippen LogP contribution is 2.34. The van der Waals surface area contributed by atoms with Gasteiger partial charge in [0.05, 0.1) is 17.9 Å². The Bertz CT molecular complexity index is 898. The Morgan fingerprint density at radius 2 is 1.92 bits per heavy atom. The Kier molecular flexibility index (Phi) is 3.62. The first-order chi connectivity index (χ1) is 11.6. The molecule has 0 fully saturated rings. The predicted molar refractivity (Wildman–Crippen MR) is 94.8 cm³/mol. The third-order valence-electron chi connectivity index (χ3n) is 4.62. The molecule has 0 saturated heterocycles. The van der Waals surface area contributed by atoms with Gasteiger partial charge < -0.3 is 5.11 Å². The molecule has 1 N–H and O–H groups in total. The second-order valence-electron chi connectivity index (χ2n) is 6.59. The summed E-state index contributed by atoms with van der Waals surface area (Å²) in [7, 11) is 2.13. The molecule has 4 rings (SSSR count). The van der Waals surface area contributed by atoms with E-state index in [1.54, 1.807) is 12.1 Å². The van der Waals surface area contributed by atoms with Gasteiger partial charge in [0, 0.05) is 24.2 Å². The van der Waals surface area contributed by atoms with Gasteiger partial charge in [-0.15, -0.1) is 0 Å². The summed E-state index contributed by atoms with van der Waals surface area (Å²) in [5.41, 5.74) is 7.24. The summed E-state index contributed by atoms with van der Waals surface area (Å²) < 4.78 is 2.09. The Morgan fingerprint density at radius 3 is 2.71 bits per heavy atom. The zero-order valence-corrected chi connectivity index (χ0v) is 14.0. The van der Waals surface area contributed by atoms with Gasteiger partial charge in [-0.1, -0.05) is 36.4 Å². The van der Waals surface area contributed by atoms with E-state index >= 15 is 0 Å². The highest BCUT2D eigenvalue weighted by Gasteiger charge is 2.26. The van der Waals surface area contributed by atoms with Gasteiger partial charge in [-0.05, 0) is 37.2 Å². The summed E-state index contributed by atoms with van der Waals surface area (Å²) in [6.45, 7) is 4.63. The van der Waals surface area contributed by atoms with E-state index in [2.05, 4.69) is 47.8 Å². The molecule has 0 atom stereocenters. The molecule has 1 aromatic heterocycles. The lowest BCUT2D eigenvalue weighted by molar-refractivity contribution is 0.346. The minimum atomic E-state index is 0.296. The van der Waals surface area contributed by atoms with Crippen molar-refractivity contribution in [2.45, 2.75) is 26.6 Å². The van der Waals surface area contributed by atoms with Gasteiger partial charge in [-0.2, -0.15) is 5.10 Å². The molecule has 0 amide bonds. The number of aromatic hydroxyl groups is 1. The average molecular weight is 319 g/mol. The number of phenolic OH excluding ortho intramolecular Hbond substituents is 1. The molecule has 4 nitrogen and oxygen atoms in total. The minimum Gasteiger partial charge on any atom is -0.508 e. The Labute approximate surface area is 142 Å². The Hall–Kier alpha value is -2.59. The van der Waals surface area contributed by atoms with Crippen molar-refractivity contribution < 1.29 is 5.11 Å². The molecule has 0 bridgehead atoms. The van der Waals surface area contributed by atoms with Crippen molar-refractivity contribution in [2.75, 3.05) is 7.05 Å². The van der Waals surface area contributed by atoms with Gasteiger partial charge in [0.25, 0.3) is 0 Å². The van der Waals surface area contributed by atoms with Crippen LogP contribution >= 0.6 is 0 Å². The van der Waals surface area contributed by atoms with Crippen LogP contribution in [0, 0.1) is 6.92 Å². The maximum atomic E-state index is 9.74. The monoisotopic (exact) mass is 319 g/mol. The van der Waals surface area contributed by atoms with Crippen molar-refractivity contribution in [3.8, 4) is 17.0 Å². The highest BCUT2D eigenvalue weighted by molar-refractivity contribution is 5.69. The number of fused-ring (bicyclic) bond motifs is 1. The molecule has 24 heavy (non-hydrogen) atoms. The molecular weight excluding hydrogens is 298 g/mol. The summed E-state index contributed by atoms with van der Waals surface area (Å²) in [6, 6.07) is 15.9. The van der Waals surface area contributed by atoms with Crippen LogP contribution in [0.1, 0.15) is 22.4 Å². The van der Waals surface area contributed by atoms with E-state index in [0.717, 1.165) is 24.3 Å². The molecule has 4 heteroatoms. The van der Waals surface area contributed by atoms with Gasteiger partial charge in [-0.25, -0.2) is 0 Å². The molecule has 0 radical (unpaired) electrons. The third kappa shape index (κ3) is 2.59. The SMILES string of the molecule is Cc1ccccc1-c1c2c(nn1Cc1cccc(O)c1)CN(C)C2. The quantitative estimate of drug-likeness (QED) is 0.802. The molecule has 122 valence electrons. The van der Waals surface area contributed by atoms with Crippen molar-refractivity contribution in [1.29, 1.82) is 0 Å². The first-order valence-corrected chi connectivity index (χ1v) is 8.23. The standard InChI is InChI=1S/C20H21N3O/c1-14-6-3-4-9-17(14)20-18-12-22(2)13-19(18)21-23(20)11-15-7-5-8-16(24)10-15/h3-10,24H,11-13H2,1-2H3. The van der Waals surface area contributed by atoms with Gasteiger partial charge in [0.1, 0.15) is 5.75 Å². The van der Waals surface area contributed by atoms with Crippen LogP contribution in [0.2, 0.25) is 0 Å². The van der Waals surface area contributed by atoms with Crippen molar-refractivity contribution in [3.05, 3.63) is 70.9 Å². The van der Waals surface area contributed by atoms with E-state index in [1.807, 2.05) is 12.1 Å². The van der Waals surface area contributed by atoms with Crippen LogP contribution in [0.3, 0.4) is 0 Å². The van der Waals surface area contributed by atoms with Crippen molar-refractivity contribution in [1.82, 2.24) is 14.7 Å². The Morgan fingerprint density at radius 1 is 1.08 bits per heavy atom. The summed E-state index contributed by atoms with van der Waals surface area (Å²) in [5, 5.41) is 14.6. The van der Waals surface area contributed by atoms with E-state index in [9.17, 15) is 5.11 Å². The van der Waals surface area contributed by atoms with E-state index in [-0.39, 0.29) is 0 Å². The van der Waals surface area contributed by atoms with E-state index < -0.39 is 0 Å². The molecule has 2 heterocycles. The maximum absolute atomic E-state index is 9.74. The number of nitrogens with zero attached hydrogens (tertiary/aromatic N) is 3. The predicted octanol–water partition coefficient (Wildman–Crippen LogP) is 3.56. The van der Waals surface area contributed by atoms with E-state index in [4.69, 9.17) is 5.10 Å². The van der Waals surface area contributed by atoms with Gasteiger partial charge in [0.2, 0.25) is 0 Å². The molecule has 1 aliphatic heterocycles. The summed E-state index contributed by atoms with van der Waals surface area (Å²) in [4.78, 5) is 2.29. The fourth-order valence-corrected chi connectivity index (χ4v) is 3.51. The van der Waals surface area contributed by atoms with Crippen molar-refractivity contribution in [2.24, 2.45) is 0 Å². The molecule has 0 aliphatic carbocycles. The van der Waals surface area contributed by atoms with Crippen LogP contribution in [0.4, 0.5) is 0 Å². The second kappa shape index (κ2) is 5.80. The first-order valence-electron chi connectivity index (χ1n) is 8.23. The zero-order valence-electron chi connectivity index (χ0n) is 14.0. The Balaban J connectivity index is 1.83. The van der Waals surface area contributed by atoms with Crippen LogP contribution < -0.4 is 0 Å².